The number of aromatic nitrogens is 1. The lowest BCUT2D eigenvalue weighted by molar-refractivity contribution is -0.0135. The lowest BCUT2D eigenvalue weighted by Gasteiger charge is -2.32. The minimum Gasteiger partial charge on any atom is -0.486 e. The SMILES string of the molecule is Cn1ccc(C(=O)N[C@@H]2CCOC[C@H]2Oc2ccc(CO)cc2)cc1=O. The van der Waals surface area contributed by atoms with Gasteiger partial charge < -0.3 is 24.5 Å². The molecular formula is C19H22N2O5. The maximum atomic E-state index is 12.5. The summed E-state index contributed by atoms with van der Waals surface area (Å²) in [6, 6.07) is 9.83. The average molecular weight is 358 g/mol. The molecule has 0 spiro atoms. The summed E-state index contributed by atoms with van der Waals surface area (Å²) in [6.07, 6.45) is 1.85. The second-order valence-corrected chi connectivity index (χ2v) is 6.27. The number of nitrogens with one attached hydrogen (secondary N) is 1. The first-order valence-electron chi connectivity index (χ1n) is 8.48. The third kappa shape index (κ3) is 4.30. The fourth-order valence-electron chi connectivity index (χ4n) is 2.78. The molecule has 0 aliphatic carbocycles. The molecule has 1 aromatic carbocycles. The van der Waals surface area contributed by atoms with E-state index in [-0.39, 0.29) is 30.2 Å². The van der Waals surface area contributed by atoms with E-state index in [0.29, 0.717) is 30.9 Å². The van der Waals surface area contributed by atoms with Crippen molar-refractivity contribution >= 4 is 5.91 Å². The van der Waals surface area contributed by atoms with Crippen LogP contribution in [0.4, 0.5) is 0 Å². The molecule has 2 aromatic rings. The van der Waals surface area contributed by atoms with Crippen LogP contribution in [0, 0.1) is 0 Å². The third-order valence-electron chi connectivity index (χ3n) is 4.38. The number of hydrogen-bond acceptors (Lipinski definition) is 5. The van der Waals surface area contributed by atoms with Gasteiger partial charge in [0, 0.05) is 31.5 Å². The molecule has 0 unspecified atom stereocenters. The van der Waals surface area contributed by atoms with Crippen LogP contribution in [0.3, 0.4) is 0 Å². The van der Waals surface area contributed by atoms with Gasteiger partial charge in [-0.1, -0.05) is 12.1 Å². The number of hydrogen-bond donors (Lipinski definition) is 2. The highest BCUT2D eigenvalue weighted by atomic mass is 16.5. The van der Waals surface area contributed by atoms with Gasteiger partial charge in [0.05, 0.1) is 19.3 Å². The molecule has 0 bridgehead atoms. The monoisotopic (exact) mass is 358 g/mol. The highest BCUT2D eigenvalue weighted by Gasteiger charge is 2.29. The van der Waals surface area contributed by atoms with Crippen molar-refractivity contribution in [1.82, 2.24) is 9.88 Å². The zero-order valence-corrected chi connectivity index (χ0v) is 14.6. The van der Waals surface area contributed by atoms with Crippen molar-refractivity contribution in [1.29, 1.82) is 0 Å². The number of carbonyl (C=O) groups excluding carboxylic acids is 1. The normalized spacial score (nSPS) is 19.8. The van der Waals surface area contributed by atoms with E-state index in [0.717, 1.165) is 5.56 Å². The molecule has 138 valence electrons. The minimum atomic E-state index is -0.334. The number of nitrogens with zero attached hydrogens (tertiary/aromatic N) is 1. The number of aliphatic hydroxyl groups is 1. The van der Waals surface area contributed by atoms with E-state index >= 15 is 0 Å². The Bertz CT molecular complexity index is 815. The third-order valence-corrected chi connectivity index (χ3v) is 4.38. The van der Waals surface area contributed by atoms with E-state index in [1.807, 2.05) is 0 Å². The summed E-state index contributed by atoms with van der Waals surface area (Å²) in [5.41, 5.74) is 0.889. The molecule has 1 fully saturated rings. The fourth-order valence-corrected chi connectivity index (χ4v) is 2.78. The summed E-state index contributed by atoms with van der Waals surface area (Å²) in [5, 5.41) is 12.0. The van der Waals surface area contributed by atoms with E-state index in [1.54, 1.807) is 43.6 Å². The highest BCUT2D eigenvalue weighted by molar-refractivity contribution is 5.94. The molecule has 1 saturated heterocycles. The predicted octanol–water partition coefficient (Wildman–Crippen LogP) is 0.844. The summed E-state index contributed by atoms with van der Waals surface area (Å²) < 4.78 is 12.9. The number of amides is 1. The van der Waals surface area contributed by atoms with E-state index in [4.69, 9.17) is 14.6 Å². The van der Waals surface area contributed by atoms with Gasteiger partial charge in [-0.05, 0) is 30.2 Å². The van der Waals surface area contributed by atoms with Gasteiger partial charge in [-0.25, -0.2) is 0 Å². The van der Waals surface area contributed by atoms with Crippen molar-refractivity contribution in [2.75, 3.05) is 13.2 Å². The summed E-state index contributed by atoms with van der Waals surface area (Å²) in [6.45, 7) is 0.871. The smallest absolute Gasteiger partial charge is 0.251 e. The van der Waals surface area contributed by atoms with E-state index in [9.17, 15) is 9.59 Å². The molecular weight excluding hydrogens is 336 g/mol. The number of aliphatic hydroxyl groups excluding tert-OH is 1. The molecule has 26 heavy (non-hydrogen) atoms. The Morgan fingerprint density at radius 1 is 1.35 bits per heavy atom. The van der Waals surface area contributed by atoms with Crippen molar-refractivity contribution in [2.45, 2.75) is 25.2 Å². The van der Waals surface area contributed by atoms with Gasteiger partial charge in [-0.3, -0.25) is 9.59 Å². The lowest BCUT2D eigenvalue weighted by atomic mass is 10.1. The molecule has 2 N–H and O–H groups in total. The number of benzene rings is 1. The van der Waals surface area contributed by atoms with Crippen LogP contribution in [-0.4, -0.2) is 40.9 Å². The molecule has 2 heterocycles. The minimum absolute atomic E-state index is 0.0258. The second kappa shape index (κ2) is 8.16. The summed E-state index contributed by atoms with van der Waals surface area (Å²) in [5.74, 6) is 0.337. The first kappa shape index (κ1) is 18.2. The Morgan fingerprint density at radius 3 is 2.81 bits per heavy atom. The maximum absolute atomic E-state index is 12.5. The molecule has 7 heteroatoms. The van der Waals surface area contributed by atoms with Crippen LogP contribution in [-0.2, 0) is 18.4 Å². The maximum Gasteiger partial charge on any atom is 0.251 e. The first-order valence-corrected chi connectivity index (χ1v) is 8.48. The van der Waals surface area contributed by atoms with Crippen LogP contribution >= 0.6 is 0 Å². The summed E-state index contributed by atoms with van der Waals surface area (Å²) >= 11 is 0. The predicted molar refractivity (Wildman–Crippen MR) is 95.2 cm³/mol. The van der Waals surface area contributed by atoms with Gasteiger partial charge in [0.15, 0.2) is 0 Å². The molecule has 7 nitrogen and oxygen atoms in total. The number of carbonyl (C=O) groups is 1. The van der Waals surface area contributed by atoms with Gasteiger partial charge in [0.2, 0.25) is 0 Å². The zero-order valence-electron chi connectivity index (χ0n) is 14.6. The van der Waals surface area contributed by atoms with Crippen LogP contribution in [0.25, 0.3) is 0 Å². The van der Waals surface area contributed by atoms with E-state index in [2.05, 4.69) is 5.32 Å². The van der Waals surface area contributed by atoms with E-state index in [1.165, 1.54) is 10.6 Å². The van der Waals surface area contributed by atoms with Crippen LogP contribution in [0.5, 0.6) is 5.75 Å². The van der Waals surface area contributed by atoms with Crippen molar-refractivity contribution in [2.24, 2.45) is 7.05 Å². The first-order chi connectivity index (χ1) is 12.6. The van der Waals surface area contributed by atoms with Crippen molar-refractivity contribution in [3.05, 3.63) is 64.1 Å². The fraction of sp³-hybridized carbons (Fsp3) is 0.368. The van der Waals surface area contributed by atoms with Gasteiger partial charge in [0.1, 0.15) is 11.9 Å². The summed E-state index contributed by atoms with van der Waals surface area (Å²) in [7, 11) is 1.63. The van der Waals surface area contributed by atoms with Crippen LogP contribution < -0.4 is 15.6 Å². The zero-order chi connectivity index (χ0) is 18.5. The number of rotatable bonds is 5. The molecule has 3 rings (SSSR count). The standard InChI is InChI=1S/C19H22N2O5/c1-21-8-6-14(10-18(21)23)19(24)20-16-7-9-25-12-17(16)26-15-4-2-13(11-22)3-5-15/h2-6,8,10,16-17,22H,7,9,11-12H2,1H3,(H,20,24)/t16-,17-/m1/s1. The lowest BCUT2D eigenvalue weighted by Crippen LogP contribution is -2.51. The molecule has 1 aromatic heterocycles. The topological polar surface area (TPSA) is 89.8 Å². The van der Waals surface area contributed by atoms with Crippen molar-refractivity contribution in [3.8, 4) is 5.75 Å². The molecule has 1 aliphatic rings. The van der Waals surface area contributed by atoms with Gasteiger partial charge in [-0.2, -0.15) is 0 Å². The average Bonchev–Trinajstić information content (AvgIpc) is 2.66. The highest BCUT2D eigenvalue weighted by Crippen LogP contribution is 2.19. The molecule has 1 aliphatic heterocycles. The van der Waals surface area contributed by atoms with Gasteiger partial charge in [-0.15, -0.1) is 0 Å². The number of ether oxygens (including phenoxy) is 2. The van der Waals surface area contributed by atoms with Crippen molar-refractivity contribution in [3.63, 3.8) is 0 Å². The number of pyridine rings is 1. The Kier molecular flexibility index (Phi) is 5.70. The Labute approximate surface area is 151 Å². The van der Waals surface area contributed by atoms with Crippen LogP contribution in [0.2, 0.25) is 0 Å². The second-order valence-electron chi connectivity index (χ2n) is 6.27. The molecule has 1 amide bonds. The largest absolute Gasteiger partial charge is 0.486 e. The van der Waals surface area contributed by atoms with Gasteiger partial charge >= 0.3 is 0 Å². The van der Waals surface area contributed by atoms with Crippen LogP contribution in [0.1, 0.15) is 22.3 Å². The molecule has 0 radical (unpaired) electrons. The van der Waals surface area contributed by atoms with E-state index < -0.39 is 0 Å². The molecule has 0 saturated carbocycles. The quantitative estimate of drug-likeness (QED) is 0.827. The number of aryl methyl sites for hydroxylation is 1. The van der Waals surface area contributed by atoms with Crippen LogP contribution in [0.15, 0.2) is 47.4 Å². The Hall–Kier alpha value is -2.64. The Balaban J connectivity index is 1.68. The summed E-state index contributed by atoms with van der Waals surface area (Å²) in [4.78, 5) is 24.2. The Morgan fingerprint density at radius 2 is 2.12 bits per heavy atom. The van der Waals surface area contributed by atoms with Crippen molar-refractivity contribution < 1.29 is 19.4 Å². The molecule has 2 atom stereocenters. The van der Waals surface area contributed by atoms with Gasteiger partial charge in [0.25, 0.3) is 11.5 Å².